The maximum Gasteiger partial charge on any atom is 0.0555 e. The fourth-order valence-corrected chi connectivity index (χ4v) is 0.408. The van der Waals surface area contributed by atoms with Crippen LogP contribution in [-0.2, 0) is 0 Å². The molecule has 0 radical (unpaired) electrons. The Labute approximate surface area is 49.3 Å². The lowest BCUT2D eigenvalue weighted by atomic mass is 10.4. The number of hydrogen-bond donors (Lipinski definition) is 3. The monoisotopic (exact) mass is 119 g/mol. The van der Waals surface area contributed by atoms with Gasteiger partial charge in [0.05, 0.1) is 6.61 Å². The molecule has 3 N–H and O–H groups in total. The first-order valence-corrected chi connectivity index (χ1v) is 2.84. The van der Waals surface area contributed by atoms with E-state index in [2.05, 4.69) is 5.32 Å². The highest BCUT2D eigenvalue weighted by molar-refractivity contribution is 4.43. The van der Waals surface area contributed by atoms with Crippen molar-refractivity contribution < 1.29 is 10.2 Å². The van der Waals surface area contributed by atoms with Crippen LogP contribution in [0.2, 0.25) is 0 Å². The van der Waals surface area contributed by atoms with Crippen LogP contribution in [0.3, 0.4) is 0 Å². The Balaban J connectivity index is 2.53. The summed E-state index contributed by atoms with van der Waals surface area (Å²) >= 11 is 0. The lowest BCUT2D eigenvalue weighted by molar-refractivity contribution is 0.272. The summed E-state index contributed by atoms with van der Waals surface area (Å²) in [6.45, 7) is 1.81. The molecule has 0 aromatic heterocycles. The van der Waals surface area contributed by atoms with Gasteiger partial charge in [0, 0.05) is 13.2 Å². The molecule has 0 aliphatic heterocycles. The van der Waals surface area contributed by atoms with Gasteiger partial charge < -0.3 is 15.5 Å². The highest BCUT2D eigenvalue weighted by atomic mass is 16.3. The molecule has 0 aromatic carbocycles. The lowest BCUT2D eigenvalue weighted by Gasteiger charge is -1.97. The van der Waals surface area contributed by atoms with E-state index >= 15 is 0 Å². The van der Waals surface area contributed by atoms with E-state index in [0.29, 0.717) is 6.54 Å². The Kier molecular flexibility index (Phi) is 6.78. The Morgan fingerprint density at radius 1 is 1.00 bits per heavy atom. The number of aliphatic hydroxyl groups is 2. The average Bonchev–Trinajstić information content (AvgIpc) is 1.81. The van der Waals surface area contributed by atoms with E-state index in [1.807, 2.05) is 0 Å². The summed E-state index contributed by atoms with van der Waals surface area (Å²) < 4.78 is 0. The smallest absolute Gasteiger partial charge is 0.0555 e. The minimum atomic E-state index is 0.172. The zero-order chi connectivity index (χ0) is 6.24. The van der Waals surface area contributed by atoms with Crippen molar-refractivity contribution in [1.82, 2.24) is 5.32 Å². The van der Waals surface area contributed by atoms with E-state index in [1.54, 1.807) is 0 Å². The average molecular weight is 119 g/mol. The first-order chi connectivity index (χ1) is 3.91. The van der Waals surface area contributed by atoms with Crippen molar-refractivity contribution in [3.8, 4) is 0 Å². The topological polar surface area (TPSA) is 52.5 Å². The molecule has 8 heavy (non-hydrogen) atoms. The van der Waals surface area contributed by atoms with Crippen LogP contribution in [-0.4, -0.2) is 36.5 Å². The molecule has 0 atom stereocenters. The second-order valence-corrected chi connectivity index (χ2v) is 1.55. The molecule has 0 bridgehead atoms. The molecule has 0 heterocycles. The summed E-state index contributed by atoms with van der Waals surface area (Å²) in [6.07, 6.45) is 0.764. The normalized spacial score (nSPS) is 9.75. The minimum Gasteiger partial charge on any atom is -0.396 e. The Morgan fingerprint density at radius 3 is 2.25 bits per heavy atom. The predicted octanol–water partition coefficient (Wildman–Crippen LogP) is -1.05. The van der Waals surface area contributed by atoms with Crippen LogP contribution in [0.15, 0.2) is 0 Å². The Bertz CT molecular complexity index is 35.4. The molecule has 0 aliphatic carbocycles. The van der Waals surface area contributed by atoms with Gasteiger partial charge in [-0.2, -0.15) is 0 Å². The molecule has 0 aromatic rings. The van der Waals surface area contributed by atoms with Crippen molar-refractivity contribution in [2.24, 2.45) is 0 Å². The first kappa shape index (κ1) is 7.88. The van der Waals surface area contributed by atoms with E-state index in [9.17, 15) is 0 Å². The molecule has 0 amide bonds. The Hall–Kier alpha value is -0.120. The summed E-state index contributed by atoms with van der Waals surface area (Å²) in [6, 6.07) is 0. The molecule has 0 aliphatic rings. The zero-order valence-electron chi connectivity index (χ0n) is 4.93. The fourth-order valence-electron chi connectivity index (χ4n) is 0.408. The molecule has 3 heteroatoms. The van der Waals surface area contributed by atoms with E-state index < -0.39 is 0 Å². The van der Waals surface area contributed by atoms with Crippen LogP contribution < -0.4 is 5.32 Å². The van der Waals surface area contributed by atoms with Crippen LogP contribution in [0.5, 0.6) is 0 Å². The van der Waals surface area contributed by atoms with Crippen molar-refractivity contribution in [2.75, 3.05) is 26.3 Å². The summed E-state index contributed by atoms with van der Waals surface area (Å²) in [5.41, 5.74) is 0. The molecule has 0 unspecified atom stereocenters. The van der Waals surface area contributed by atoms with E-state index in [-0.39, 0.29) is 13.2 Å². The third kappa shape index (κ3) is 5.88. The van der Waals surface area contributed by atoms with Gasteiger partial charge in [0.15, 0.2) is 0 Å². The molecular weight excluding hydrogens is 106 g/mol. The van der Waals surface area contributed by atoms with Crippen molar-refractivity contribution in [1.29, 1.82) is 0 Å². The van der Waals surface area contributed by atoms with Gasteiger partial charge >= 0.3 is 0 Å². The summed E-state index contributed by atoms with van der Waals surface area (Å²) in [5.74, 6) is 0. The third-order valence-electron chi connectivity index (χ3n) is 0.800. The number of hydrogen-bond acceptors (Lipinski definition) is 3. The third-order valence-corrected chi connectivity index (χ3v) is 0.800. The Morgan fingerprint density at radius 2 is 1.75 bits per heavy atom. The van der Waals surface area contributed by atoms with Gasteiger partial charge in [0.25, 0.3) is 0 Å². The predicted molar refractivity (Wildman–Crippen MR) is 31.7 cm³/mol. The standard InChI is InChI=1S/C5H13NO2/c7-4-1-2-6-3-5-8/h6-8H,1-5H2. The summed E-state index contributed by atoms with van der Waals surface area (Å²) in [5, 5.41) is 19.4. The van der Waals surface area contributed by atoms with Gasteiger partial charge in [-0.25, -0.2) is 0 Å². The molecule has 0 saturated carbocycles. The molecular formula is C5H13NO2. The first-order valence-electron chi connectivity index (χ1n) is 2.84. The van der Waals surface area contributed by atoms with Crippen molar-refractivity contribution in [3.63, 3.8) is 0 Å². The molecule has 3 nitrogen and oxygen atoms in total. The van der Waals surface area contributed by atoms with Crippen LogP contribution in [0, 0.1) is 0 Å². The second kappa shape index (κ2) is 6.88. The van der Waals surface area contributed by atoms with E-state index in [1.165, 1.54) is 0 Å². The molecule has 0 spiro atoms. The maximum atomic E-state index is 8.26. The zero-order valence-corrected chi connectivity index (χ0v) is 4.93. The van der Waals surface area contributed by atoms with E-state index in [0.717, 1.165) is 13.0 Å². The van der Waals surface area contributed by atoms with E-state index in [4.69, 9.17) is 10.2 Å². The largest absolute Gasteiger partial charge is 0.396 e. The lowest BCUT2D eigenvalue weighted by Crippen LogP contribution is -2.19. The van der Waals surface area contributed by atoms with Crippen molar-refractivity contribution >= 4 is 0 Å². The van der Waals surface area contributed by atoms with Gasteiger partial charge in [-0.05, 0) is 13.0 Å². The molecule has 0 saturated heterocycles. The molecule has 0 rings (SSSR count). The number of nitrogens with one attached hydrogen (secondary N) is 1. The van der Waals surface area contributed by atoms with Crippen LogP contribution in [0.4, 0.5) is 0 Å². The highest BCUT2D eigenvalue weighted by Gasteiger charge is 1.81. The van der Waals surface area contributed by atoms with Gasteiger partial charge in [-0.1, -0.05) is 0 Å². The second-order valence-electron chi connectivity index (χ2n) is 1.55. The van der Waals surface area contributed by atoms with Crippen LogP contribution >= 0.6 is 0 Å². The van der Waals surface area contributed by atoms with Gasteiger partial charge in [0.1, 0.15) is 0 Å². The van der Waals surface area contributed by atoms with Crippen LogP contribution in [0.25, 0.3) is 0 Å². The van der Waals surface area contributed by atoms with Crippen molar-refractivity contribution in [2.45, 2.75) is 6.42 Å². The quantitative estimate of drug-likeness (QED) is 0.405. The SMILES string of the molecule is OCCCNCCO. The van der Waals surface area contributed by atoms with Crippen molar-refractivity contribution in [3.05, 3.63) is 0 Å². The fraction of sp³-hybridized carbons (Fsp3) is 1.00. The molecule has 50 valence electrons. The highest BCUT2D eigenvalue weighted by Crippen LogP contribution is 1.69. The maximum absolute atomic E-state index is 8.26. The minimum absolute atomic E-state index is 0.172. The van der Waals surface area contributed by atoms with Crippen LogP contribution in [0.1, 0.15) is 6.42 Å². The number of aliphatic hydroxyl groups excluding tert-OH is 2. The molecule has 0 fully saturated rings. The van der Waals surface area contributed by atoms with Gasteiger partial charge in [-0.15, -0.1) is 0 Å². The van der Waals surface area contributed by atoms with Gasteiger partial charge in [-0.3, -0.25) is 0 Å². The summed E-state index contributed by atoms with van der Waals surface area (Å²) in [4.78, 5) is 0. The number of rotatable bonds is 5. The van der Waals surface area contributed by atoms with Gasteiger partial charge in [0.2, 0.25) is 0 Å². The summed E-state index contributed by atoms with van der Waals surface area (Å²) in [7, 11) is 0.